The van der Waals surface area contributed by atoms with Crippen LogP contribution >= 0.6 is 0 Å². The molecule has 12 nitrogen and oxygen atoms in total. The molecule has 2 aromatic rings. The number of H-pyrrole nitrogens is 1. The summed E-state index contributed by atoms with van der Waals surface area (Å²) in [6.45, 7) is 10.4. The van der Waals surface area contributed by atoms with Gasteiger partial charge in [0, 0.05) is 6.20 Å². The predicted octanol–water partition coefficient (Wildman–Crippen LogP) is 4.20. The van der Waals surface area contributed by atoms with E-state index in [9.17, 15) is 14.4 Å². The Hall–Kier alpha value is -3.96. The van der Waals surface area contributed by atoms with Crippen LogP contribution in [0.15, 0.2) is 36.8 Å². The largest absolute Gasteiger partial charge is 0.509 e. The summed E-state index contributed by atoms with van der Waals surface area (Å²) in [5.41, 5.74) is -0.133. The van der Waals surface area contributed by atoms with Gasteiger partial charge in [0.2, 0.25) is 0 Å². The molecule has 3 rings (SSSR count). The Morgan fingerprint density at radius 3 is 2.26 bits per heavy atom. The number of likely N-dealkylation sites (tertiary alicyclic amines) is 1. The van der Waals surface area contributed by atoms with E-state index in [1.54, 1.807) is 67.0 Å². The number of nitrogens with one attached hydrogen (secondary N) is 2. The Morgan fingerprint density at radius 1 is 1.03 bits per heavy atom. The lowest BCUT2D eigenvalue weighted by molar-refractivity contribution is -0.0518. The van der Waals surface area contributed by atoms with Gasteiger partial charge >= 0.3 is 18.3 Å². The molecule has 2 heterocycles. The number of carbonyl (C=O) groups excluding carboxylic acids is 3. The minimum Gasteiger partial charge on any atom is -0.497 e. The van der Waals surface area contributed by atoms with E-state index in [-0.39, 0.29) is 19.5 Å². The lowest BCUT2D eigenvalue weighted by atomic mass is 10.0. The monoisotopic (exact) mass is 546 g/mol. The molecular formula is C27H38N4O8. The Kier molecular flexibility index (Phi) is 9.31. The Morgan fingerprint density at radius 2 is 1.69 bits per heavy atom. The van der Waals surface area contributed by atoms with E-state index in [1.165, 1.54) is 11.2 Å². The van der Waals surface area contributed by atoms with Crippen LogP contribution in [-0.4, -0.2) is 76.3 Å². The number of aromatic nitrogens is 2. The zero-order valence-electron chi connectivity index (χ0n) is 23.5. The fourth-order valence-electron chi connectivity index (χ4n) is 3.99. The highest BCUT2D eigenvalue weighted by atomic mass is 16.7. The molecule has 1 saturated heterocycles. The maximum atomic E-state index is 13.3. The number of hydrogen-bond acceptors (Lipinski definition) is 9. The molecule has 3 atom stereocenters. The molecule has 2 amide bonds. The highest BCUT2D eigenvalue weighted by molar-refractivity contribution is 5.71. The van der Waals surface area contributed by atoms with Crippen molar-refractivity contribution in [3.8, 4) is 5.75 Å². The van der Waals surface area contributed by atoms with Gasteiger partial charge in [-0.2, -0.15) is 0 Å². The lowest BCUT2D eigenvalue weighted by Crippen LogP contribution is -2.46. The van der Waals surface area contributed by atoms with Crippen LogP contribution in [0.1, 0.15) is 52.8 Å². The second-order valence-electron chi connectivity index (χ2n) is 11.2. The van der Waals surface area contributed by atoms with Gasteiger partial charge in [0.05, 0.1) is 38.3 Å². The molecule has 1 fully saturated rings. The van der Waals surface area contributed by atoms with Crippen molar-refractivity contribution in [2.45, 2.75) is 84.0 Å². The van der Waals surface area contributed by atoms with E-state index < -0.39 is 47.8 Å². The highest BCUT2D eigenvalue weighted by Gasteiger charge is 2.50. The molecule has 1 aliphatic heterocycles. The summed E-state index contributed by atoms with van der Waals surface area (Å²) < 4.78 is 27.6. The highest BCUT2D eigenvalue weighted by Crippen LogP contribution is 2.30. The minimum atomic E-state index is -1.02. The standard InChI is InChI=1S/C27H38N4O8/c1-26(2,3)38-24(33)31-15-21(36-25(34)39-27(4,5)6)22(37-23(32)29-14-18-13-28-16-30-18)20(31)12-17-8-10-19(35-7)11-9-17/h8-11,13,16,20-22H,12,14-15H2,1-7H3,(H,28,30)(H,29,32)/t20-,21+,22+/m1/s1. The van der Waals surface area contributed by atoms with Crippen LogP contribution in [0, 0.1) is 0 Å². The van der Waals surface area contributed by atoms with Crippen LogP contribution in [0.25, 0.3) is 0 Å². The molecule has 1 aliphatic rings. The number of nitrogens with zero attached hydrogens (tertiary/aromatic N) is 2. The van der Waals surface area contributed by atoms with Gasteiger partial charge in [-0.05, 0) is 65.7 Å². The van der Waals surface area contributed by atoms with Crippen molar-refractivity contribution in [2.24, 2.45) is 0 Å². The predicted molar refractivity (Wildman–Crippen MR) is 140 cm³/mol. The maximum Gasteiger partial charge on any atom is 0.509 e. The number of benzene rings is 1. The number of aromatic amines is 1. The van der Waals surface area contributed by atoms with Crippen LogP contribution in [-0.2, 0) is 31.9 Å². The van der Waals surface area contributed by atoms with Crippen molar-refractivity contribution in [1.82, 2.24) is 20.2 Å². The molecule has 1 aromatic carbocycles. The summed E-state index contributed by atoms with van der Waals surface area (Å²) in [5.74, 6) is 0.672. The molecule has 0 unspecified atom stereocenters. The zero-order chi connectivity index (χ0) is 28.8. The first-order chi connectivity index (χ1) is 18.2. The zero-order valence-corrected chi connectivity index (χ0v) is 23.5. The lowest BCUT2D eigenvalue weighted by Gasteiger charge is -2.30. The summed E-state index contributed by atoms with van der Waals surface area (Å²) in [6, 6.07) is 6.58. The van der Waals surface area contributed by atoms with Crippen molar-refractivity contribution in [3.63, 3.8) is 0 Å². The molecule has 0 saturated carbocycles. The maximum absolute atomic E-state index is 13.3. The van der Waals surface area contributed by atoms with Crippen molar-refractivity contribution in [1.29, 1.82) is 0 Å². The van der Waals surface area contributed by atoms with Gasteiger partial charge in [0.25, 0.3) is 0 Å². The van der Waals surface area contributed by atoms with Crippen molar-refractivity contribution in [2.75, 3.05) is 13.7 Å². The molecule has 0 radical (unpaired) electrons. The number of alkyl carbamates (subject to hydrolysis) is 1. The first-order valence-corrected chi connectivity index (χ1v) is 12.7. The van der Waals surface area contributed by atoms with E-state index >= 15 is 0 Å². The van der Waals surface area contributed by atoms with Crippen molar-refractivity contribution < 1.29 is 38.1 Å². The average Bonchev–Trinajstić information content (AvgIpc) is 3.45. The summed E-state index contributed by atoms with van der Waals surface area (Å²) in [5, 5.41) is 2.64. The molecular weight excluding hydrogens is 508 g/mol. The number of rotatable bonds is 7. The SMILES string of the molecule is COc1ccc(C[C@@H]2[C@H](OC(=O)NCc3c[nH]cn3)[C@@H](OC(=O)OC(C)(C)C)CN2C(=O)OC(C)(C)C)cc1. The summed E-state index contributed by atoms with van der Waals surface area (Å²) in [7, 11) is 1.57. The van der Waals surface area contributed by atoms with Crippen LogP contribution < -0.4 is 10.1 Å². The molecule has 2 N–H and O–H groups in total. The molecule has 0 spiro atoms. The van der Waals surface area contributed by atoms with Crippen molar-refractivity contribution in [3.05, 3.63) is 48.0 Å². The van der Waals surface area contributed by atoms with Crippen LogP contribution in [0.5, 0.6) is 5.75 Å². The normalized spacial score (nSPS) is 19.3. The van der Waals surface area contributed by atoms with Gasteiger partial charge in [-0.25, -0.2) is 19.4 Å². The Labute approximate surface area is 228 Å². The smallest absolute Gasteiger partial charge is 0.497 e. The van der Waals surface area contributed by atoms with E-state index in [1.807, 2.05) is 12.1 Å². The van der Waals surface area contributed by atoms with Gasteiger partial charge in [0.1, 0.15) is 17.0 Å². The second kappa shape index (κ2) is 12.3. The number of methoxy groups -OCH3 is 1. The molecule has 39 heavy (non-hydrogen) atoms. The number of ether oxygens (including phenoxy) is 5. The van der Waals surface area contributed by atoms with Crippen LogP contribution in [0.4, 0.5) is 14.4 Å². The first-order valence-electron chi connectivity index (χ1n) is 12.7. The third-order valence-electron chi connectivity index (χ3n) is 5.60. The van der Waals surface area contributed by atoms with Gasteiger partial charge in [0.15, 0.2) is 12.2 Å². The topological polar surface area (TPSA) is 141 Å². The van der Waals surface area contributed by atoms with Gasteiger partial charge in [-0.1, -0.05) is 12.1 Å². The van der Waals surface area contributed by atoms with Crippen LogP contribution in [0.3, 0.4) is 0 Å². The van der Waals surface area contributed by atoms with E-state index in [0.717, 1.165) is 5.56 Å². The summed E-state index contributed by atoms with van der Waals surface area (Å²) in [4.78, 5) is 47.0. The summed E-state index contributed by atoms with van der Waals surface area (Å²) >= 11 is 0. The van der Waals surface area contributed by atoms with E-state index in [2.05, 4.69) is 15.3 Å². The Bertz CT molecular complexity index is 1110. The van der Waals surface area contributed by atoms with Crippen molar-refractivity contribution >= 4 is 18.3 Å². The Balaban J connectivity index is 1.89. The first kappa shape index (κ1) is 29.6. The second-order valence-corrected chi connectivity index (χ2v) is 11.2. The van der Waals surface area contributed by atoms with Crippen LogP contribution in [0.2, 0.25) is 0 Å². The number of carbonyl (C=O) groups is 3. The quantitative estimate of drug-likeness (QED) is 0.386. The van der Waals surface area contributed by atoms with Gasteiger partial charge in [-0.15, -0.1) is 0 Å². The number of imidazole rings is 1. The van der Waals surface area contributed by atoms with E-state index in [0.29, 0.717) is 11.4 Å². The fourth-order valence-corrected chi connectivity index (χ4v) is 3.99. The molecule has 0 bridgehead atoms. The molecule has 0 aliphatic carbocycles. The fraction of sp³-hybridized carbons (Fsp3) is 0.556. The minimum absolute atomic E-state index is 0.0632. The molecule has 214 valence electrons. The number of amides is 2. The third-order valence-corrected chi connectivity index (χ3v) is 5.60. The average molecular weight is 547 g/mol. The third kappa shape index (κ3) is 9.08. The van der Waals surface area contributed by atoms with E-state index in [4.69, 9.17) is 23.7 Å². The molecule has 1 aromatic heterocycles. The van der Waals surface area contributed by atoms with Gasteiger partial charge < -0.3 is 34.0 Å². The summed E-state index contributed by atoms with van der Waals surface area (Å²) in [6.07, 6.45) is -0.928. The molecule has 12 heteroatoms. The number of hydrogen-bond donors (Lipinski definition) is 2. The van der Waals surface area contributed by atoms with Gasteiger partial charge in [-0.3, -0.25) is 4.90 Å².